The minimum Gasteiger partial charge on any atom is -0.478 e. The summed E-state index contributed by atoms with van der Waals surface area (Å²) in [5, 5.41) is 14.9. The second kappa shape index (κ2) is 8.26. The highest BCUT2D eigenvalue weighted by molar-refractivity contribution is 5.89. The molecule has 0 fully saturated rings. The van der Waals surface area contributed by atoms with E-state index in [1.807, 2.05) is 6.92 Å². The predicted octanol–water partition coefficient (Wildman–Crippen LogP) is 1.04. The van der Waals surface area contributed by atoms with Crippen molar-refractivity contribution in [3.63, 3.8) is 0 Å². The molecule has 0 spiro atoms. The second-order valence-electron chi connectivity index (χ2n) is 4.17. The summed E-state index contributed by atoms with van der Waals surface area (Å²) >= 11 is 0. The zero-order valence-electron chi connectivity index (χ0n) is 11.1. The van der Waals surface area contributed by atoms with Crippen LogP contribution in [-0.4, -0.2) is 36.6 Å². The summed E-state index contributed by atoms with van der Waals surface area (Å²) in [7, 11) is 0. The van der Waals surface area contributed by atoms with Crippen LogP contribution in [0.3, 0.4) is 0 Å². The van der Waals surface area contributed by atoms with Crippen LogP contribution in [0.1, 0.15) is 29.3 Å². The monoisotopic (exact) mass is 264 g/mol. The number of carboxylic acids is 1. The molecule has 0 atom stereocenters. The summed E-state index contributed by atoms with van der Waals surface area (Å²) < 4.78 is 0. The zero-order valence-corrected chi connectivity index (χ0v) is 11.1. The van der Waals surface area contributed by atoms with E-state index in [-0.39, 0.29) is 5.91 Å². The summed E-state index contributed by atoms with van der Waals surface area (Å²) in [6, 6.07) is 6.84. The van der Waals surface area contributed by atoms with Crippen molar-refractivity contribution in [2.45, 2.75) is 19.8 Å². The molecule has 0 bridgehead atoms. The van der Waals surface area contributed by atoms with Crippen molar-refractivity contribution in [1.82, 2.24) is 10.6 Å². The molecule has 5 heteroatoms. The van der Waals surface area contributed by atoms with Crippen LogP contribution in [0.4, 0.5) is 0 Å². The van der Waals surface area contributed by atoms with Crippen LogP contribution in [0, 0.1) is 0 Å². The van der Waals surface area contributed by atoms with E-state index < -0.39 is 5.97 Å². The molecule has 0 heterocycles. The molecular formula is C14H20N2O3. The molecule has 0 aromatic heterocycles. The lowest BCUT2D eigenvalue weighted by atomic mass is 10.0. The SMILES string of the molecule is CCNCCC(=O)NCCc1ccccc1C(=O)O. The van der Waals surface area contributed by atoms with Crippen LogP contribution in [-0.2, 0) is 11.2 Å². The molecule has 1 amide bonds. The summed E-state index contributed by atoms with van der Waals surface area (Å²) in [5.74, 6) is -0.956. The topological polar surface area (TPSA) is 78.4 Å². The van der Waals surface area contributed by atoms with Gasteiger partial charge in [-0.1, -0.05) is 25.1 Å². The van der Waals surface area contributed by atoms with Crippen LogP contribution < -0.4 is 10.6 Å². The fourth-order valence-electron chi connectivity index (χ4n) is 1.75. The fraction of sp³-hybridized carbons (Fsp3) is 0.429. The third-order valence-electron chi connectivity index (χ3n) is 2.74. The van der Waals surface area contributed by atoms with Gasteiger partial charge < -0.3 is 15.7 Å². The van der Waals surface area contributed by atoms with Crippen molar-refractivity contribution in [3.8, 4) is 0 Å². The maximum Gasteiger partial charge on any atom is 0.335 e. The first kappa shape index (κ1) is 15.2. The molecule has 0 aliphatic rings. The smallest absolute Gasteiger partial charge is 0.335 e. The van der Waals surface area contributed by atoms with Crippen molar-refractivity contribution in [2.24, 2.45) is 0 Å². The van der Waals surface area contributed by atoms with E-state index >= 15 is 0 Å². The van der Waals surface area contributed by atoms with Gasteiger partial charge in [0.1, 0.15) is 0 Å². The Morgan fingerprint density at radius 2 is 1.95 bits per heavy atom. The van der Waals surface area contributed by atoms with Gasteiger partial charge >= 0.3 is 5.97 Å². The average Bonchev–Trinajstić information content (AvgIpc) is 2.39. The molecule has 0 radical (unpaired) electrons. The van der Waals surface area contributed by atoms with Gasteiger partial charge in [0, 0.05) is 19.5 Å². The van der Waals surface area contributed by atoms with E-state index in [9.17, 15) is 9.59 Å². The molecule has 0 aliphatic heterocycles. The van der Waals surface area contributed by atoms with Gasteiger partial charge in [-0.2, -0.15) is 0 Å². The summed E-state index contributed by atoms with van der Waals surface area (Å²) in [5.41, 5.74) is 1.03. The molecule has 1 rings (SSSR count). The van der Waals surface area contributed by atoms with E-state index in [0.717, 1.165) is 12.1 Å². The van der Waals surface area contributed by atoms with Crippen LogP contribution in [0.2, 0.25) is 0 Å². The first-order valence-corrected chi connectivity index (χ1v) is 6.43. The lowest BCUT2D eigenvalue weighted by molar-refractivity contribution is -0.120. The van der Waals surface area contributed by atoms with E-state index in [1.54, 1.807) is 24.3 Å². The third-order valence-corrected chi connectivity index (χ3v) is 2.74. The van der Waals surface area contributed by atoms with Crippen LogP contribution in [0.5, 0.6) is 0 Å². The van der Waals surface area contributed by atoms with Crippen molar-refractivity contribution >= 4 is 11.9 Å². The molecule has 0 unspecified atom stereocenters. The summed E-state index contributed by atoms with van der Waals surface area (Å²) in [6.07, 6.45) is 0.962. The Hall–Kier alpha value is -1.88. The predicted molar refractivity (Wildman–Crippen MR) is 73.3 cm³/mol. The van der Waals surface area contributed by atoms with E-state index in [2.05, 4.69) is 10.6 Å². The Kier molecular flexibility index (Phi) is 6.60. The number of hydrogen-bond donors (Lipinski definition) is 3. The van der Waals surface area contributed by atoms with E-state index in [4.69, 9.17) is 5.11 Å². The average molecular weight is 264 g/mol. The first-order chi connectivity index (χ1) is 9.15. The van der Waals surface area contributed by atoms with Gasteiger partial charge in [0.05, 0.1) is 5.56 Å². The van der Waals surface area contributed by atoms with Gasteiger partial charge in [-0.3, -0.25) is 4.79 Å². The Balaban J connectivity index is 2.37. The molecule has 1 aromatic carbocycles. The Morgan fingerprint density at radius 1 is 1.21 bits per heavy atom. The van der Waals surface area contributed by atoms with Gasteiger partial charge in [-0.15, -0.1) is 0 Å². The highest BCUT2D eigenvalue weighted by atomic mass is 16.4. The second-order valence-corrected chi connectivity index (χ2v) is 4.17. The largest absolute Gasteiger partial charge is 0.478 e. The number of rotatable bonds is 8. The lowest BCUT2D eigenvalue weighted by Gasteiger charge is -2.07. The van der Waals surface area contributed by atoms with Crippen LogP contribution in [0.25, 0.3) is 0 Å². The number of amides is 1. The van der Waals surface area contributed by atoms with Crippen LogP contribution in [0.15, 0.2) is 24.3 Å². The number of hydrogen-bond acceptors (Lipinski definition) is 3. The summed E-state index contributed by atoms with van der Waals surface area (Å²) in [6.45, 7) is 3.95. The number of aromatic carboxylic acids is 1. The molecule has 5 nitrogen and oxygen atoms in total. The minimum atomic E-state index is -0.936. The number of carboxylic acid groups (broad SMARTS) is 1. The number of carbonyl (C=O) groups excluding carboxylic acids is 1. The minimum absolute atomic E-state index is 0.0197. The Morgan fingerprint density at radius 3 is 2.63 bits per heavy atom. The standard InChI is InChI=1S/C14H20N2O3/c1-2-15-9-8-13(17)16-10-7-11-5-3-4-6-12(11)14(18)19/h3-6,15H,2,7-10H2,1H3,(H,16,17)(H,18,19). The van der Waals surface area contributed by atoms with E-state index in [1.165, 1.54) is 0 Å². The highest BCUT2D eigenvalue weighted by Gasteiger charge is 2.08. The number of nitrogens with one attached hydrogen (secondary N) is 2. The van der Waals surface area contributed by atoms with Crippen molar-refractivity contribution in [1.29, 1.82) is 0 Å². The molecule has 1 aromatic rings. The molecule has 3 N–H and O–H groups in total. The van der Waals surface area contributed by atoms with Crippen molar-refractivity contribution in [3.05, 3.63) is 35.4 Å². The normalized spacial score (nSPS) is 10.2. The Bertz CT molecular complexity index is 432. The Labute approximate surface area is 113 Å². The van der Waals surface area contributed by atoms with E-state index in [0.29, 0.717) is 31.5 Å². The zero-order chi connectivity index (χ0) is 14.1. The quantitative estimate of drug-likeness (QED) is 0.613. The highest BCUT2D eigenvalue weighted by Crippen LogP contribution is 2.08. The molecule has 0 saturated carbocycles. The third kappa shape index (κ3) is 5.52. The van der Waals surface area contributed by atoms with Gasteiger partial charge in [0.15, 0.2) is 0 Å². The van der Waals surface area contributed by atoms with Gasteiger partial charge in [0.25, 0.3) is 0 Å². The molecule has 19 heavy (non-hydrogen) atoms. The van der Waals surface area contributed by atoms with Crippen LogP contribution >= 0.6 is 0 Å². The van der Waals surface area contributed by atoms with Gasteiger partial charge in [-0.25, -0.2) is 4.79 Å². The summed E-state index contributed by atoms with van der Waals surface area (Å²) in [4.78, 5) is 22.5. The van der Waals surface area contributed by atoms with Crippen molar-refractivity contribution < 1.29 is 14.7 Å². The fourth-order valence-corrected chi connectivity index (χ4v) is 1.75. The van der Waals surface area contributed by atoms with Gasteiger partial charge in [-0.05, 0) is 24.6 Å². The molecule has 104 valence electrons. The number of benzene rings is 1. The molecule has 0 aliphatic carbocycles. The maximum absolute atomic E-state index is 11.5. The van der Waals surface area contributed by atoms with Gasteiger partial charge in [0.2, 0.25) is 5.91 Å². The number of carbonyl (C=O) groups is 2. The molecular weight excluding hydrogens is 244 g/mol. The lowest BCUT2D eigenvalue weighted by Crippen LogP contribution is -2.29. The van der Waals surface area contributed by atoms with Crippen molar-refractivity contribution in [2.75, 3.05) is 19.6 Å². The molecule has 0 saturated heterocycles. The first-order valence-electron chi connectivity index (χ1n) is 6.43. The maximum atomic E-state index is 11.5.